The van der Waals surface area contributed by atoms with E-state index in [1.54, 1.807) is 27.2 Å². The minimum absolute atomic E-state index is 0.107. The van der Waals surface area contributed by atoms with E-state index in [-0.39, 0.29) is 12.5 Å². The van der Waals surface area contributed by atoms with Crippen molar-refractivity contribution in [1.29, 1.82) is 0 Å². The normalized spacial score (nSPS) is 11.2. The molecule has 4 aromatic heterocycles. The SMILES string of the molecule is Cc1cc(C)c2c(OCC(=O)N(Cc3ccco3)Cc3ccc(C)s3)nn(C)c2n1. The highest BCUT2D eigenvalue weighted by molar-refractivity contribution is 7.11. The molecule has 0 unspecified atom stereocenters. The fourth-order valence-corrected chi connectivity index (χ4v) is 4.36. The Bertz CT molecular complexity index is 1180. The number of carbonyl (C=O) groups is 1. The van der Waals surface area contributed by atoms with Gasteiger partial charge in [0.25, 0.3) is 5.91 Å². The fraction of sp³-hybridized carbons (Fsp3) is 0.318. The molecular weight excluding hydrogens is 400 g/mol. The summed E-state index contributed by atoms with van der Waals surface area (Å²) < 4.78 is 13.0. The van der Waals surface area contributed by atoms with Crippen LogP contribution in [0.5, 0.6) is 5.88 Å². The number of carbonyl (C=O) groups excluding carboxylic acids is 1. The van der Waals surface area contributed by atoms with Gasteiger partial charge in [-0.1, -0.05) is 0 Å². The first kappa shape index (κ1) is 20.2. The number of thiophene rings is 1. The average molecular weight is 425 g/mol. The molecule has 0 spiro atoms. The Morgan fingerprint density at radius 3 is 2.77 bits per heavy atom. The maximum Gasteiger partial charge on any atom is 0.261 e. The van der Waals surface area contributed by atoms with Gasteiger partial charge in [0.15, 0.2) is 12.3 Å². The molecule has 30 heavy (non-hydrogen) atoms. The van der Waals surface area contributed by atoms with Crippen molar-refractivity contribution in [2.24, 2.45) is 7.05 Å². The zero-order valence-electron chi connectivity index (χ0n) is 17.5. The van der Waals surface area contributed by atoms with Crippen LogP contribution in [0, 0.1) is 20.8 Å². The highest BCUT2D eigenvalue weighted by atomic mass is 32.1. The maximum atomic E-state index is 13.0. The molecule has 0 N–H and O–H groups in total. The quantitative estimate of drug-likeness (QED) is 0.445. The van der Waals surface area contributed by atoms with Crippen LogP contribution in [-0.4, -0.2) is 32.2 Å². The van der Waals surface area contributed by atoms with Crippen LogP contribution in [0.1, 0.15) is 26.8 Å². The number of hydrogen-bond donors (Lipinski definition) is 0. The van der Waals surface area contributed by atoms with Crippen LogP contribution in [0.3, 0.4) is 0 Å². The van der Waals surface area contributed by atoms with Gasteiger partial charge in [0.05, 0.1) is 24.7 Å². The summed E-state index contributed by atoms with van der Waals surface area (Å²) in [6.07, 6.45) is 1.61. The highest BCUT2D eigenvalue weighted by Crippen LogP contribution is 2.27. The van der Waals surface area contributed by atoms with Gasteiger partial charge in [0.2, 0.25) is 5.88 Å². The van der Waals surface area contributed by atoms with Crippen molar-refractivity contribution in [2.45, 2.75) is 33.9 Å². The van der Waals surface area contributed by atoms with E-state index in [1.165, 1.54) is 4.88 Å². The summed E-state index contributed by atoms with van der Waals surface area (Å²) in [7, 11) is 1.82. The van der Waals surface area contributed by atoms with Crippen LogP contribution in [0.15, 0.2) is 41.0 Å². The second-order valence-corrected chi connectivity index (χ2v) is 8.71. The predicted octanol–water partition coefficient (Wildman–Crippen LogP) is 4.16. The van der Waals surface area contributed by atoms with Gasteiger partial charge in [-0.2, -0.15) is 0 Å². The number of hydrogen-bond acceptors (Lipinski definition) is 6. The molecule has 1 amide bonds. The van der Waals surface area contributed by atoms with Crippen LogP contribution in [-0.2, 0) is 24.9 Å². The highest BCUT2D eigenvalue weighted by Gasteiger charge is 2.20. The summed E-state index contributed by atoms with van der Waals surface area (Å²) in [6, 6.07) is 9.78. The van der Waals surface area contributed by atoms with Crippen molar-refractivity contribution < 1.29 is 13.9 Å². The number of ether oxygens (including phenoxy) is 1. The zero-order valence-corrected chi connectivity index (χ0v) is 18.3. The molecule has 4 aromatic rings. The summed E-state index contributed by atoms with van der Waals surface area (Å²) >= 11 is 1.68. The number of rotatable bonds is 7. The van der Waals surface area contributed by atoms with Crippen LogP contribution in [0.4, 0.5) is 0 Å². The van der Waals surface area contributed by atoms with E-state index in [0.717, 1.165) is 32.9 Å². The van der Waals surface area contributed by atoms with Crippen LogP contribution in [0.25, 0.3) is 11.0 Å². The van der Waals surface area contributed by atoms with Crippen LogP contribution in [0.2, 0.25) is 0 Å². The third-order valence-corrected chi connectivity index (χ3v) is 5.83. The van der Waals surface area contributed by atoms with Gasteiger partial charge < -0.3 is 14.1 Å². The molecule has 0 fully saturated rings. The molecule has 0 atom stereocenters. The average Bonchev–Trinajstić information content (AvgIpc) is 3.41. The molecule has 0 saturated carbocycles. The summed E-state index contributed by atoms with van der Waals surface area (Å²) in [4.78, 5) is 21.7. The van der Waals surface area contributed by atoms with Crippen LogP contribution >= 0.6 is 11.3 Å². The Balaban J connectivity index is 1.53. The number of amides is 1. The molecule has 8 heteroatoms. The van der Waals surface area contributed by atoms with Gasteiger partial charge in [-0.05, 0) is 56.7 Å². The van der Waals surface area contributed by atoms with E-state index in [0.29, 0.717) is 19.0 Å². The molecule has 4 rings (SSSR count). The van der Waals surface area contributed by atoms with E-state index in [4.69, 9.17) is 9.15 Å². The minimum Gasteiger partial charge on any atom is -0.467 e. The molecule has 0 bridgehead atoms. The number of furan rings is 1. The number of nitrogens with zero attached hydrogens (tertiary/aromatic N) is 4. The van der Waals surface area contributed by atoms with Gasteiger partial charge >= 0.3 is 0 Å². The van der Waals surface area contributed by atoms with Gasteiger partial charge in [-0.3, -0.25) is 4.79 Å². The minimum atomic E-state index is -0.131. The maximum absolute atomic E-state index is 13.0. The molecule has 4 heterocycles. The molecule has 156 valence electrons. The Labute approximate surface area is 178 Å². The Kier molecular flexibility index (Phi) is 5.59. The van der Waals surface area contributed by atoms with E-state index in [2.05, 4.69) is 23.1 Å². The number of aryl methyl sites for hydroxylation is 4. The lowest BCUT2D eigenvalue weighted by atomic mass is 10.2. The Morgan fingerprint density at radius 1 is 1.23 bits per heavy atom. The number of fused-ring (bicyclic) bond motifs is 1. The van der Waals surface area contributed by atoms with E-state index in [9.17, 15) is 4.79 Å². The first-order valence-electron chi connectivity index (χ1n) is 9.70. The van der Waals surface area contributed by atoms with Gasteiger partial charge in [0, 0.05) is 22.5 Å². The lowest BCUT2D eigenvalue weighted by Gasteiger charge is -2.21. The van der Waals surface area contributed by atoms with Crippen molar-refractivity contribution in [2.75, 3.05) is 6.61 Å². The van der Waals surface area contributed by atoms with Gasteiger partial charge in [-0.15, -0.1) is 16.4 Å². The monoisotopic (exact) mass is 424 g/mol. The molecule has 0 aliphatic heterocycles. The van der Waals surface area contributed by atoms with E-state index >= 15 is 0 Å². The van der Waals surface area contributed by atoms with E-state index < -0.39 is 0 Å². The molecular formula is C22H24N4O3S. The second kappa shape index (κ2) is 8.31. The first-order chi connectivity index (χ1) is 14.4. The van der Waals surface area contributed by atoms with Crippen molar-refractivity contribution >= 4 is 28.3 Å². The second-order valence-electron chi connectivity index (χ2n) is 7.34. The summed E-state index contributed by atoms with van der Waals surface area (Å²) in [5.74, 6) is 1.03. The predicted molar refractivity (Wildman–Crippen MR) is 115 cm³/mol. The van der Waals surface area contributed by atoms with Gasteiger partial charge in [0.1, 0.15) is 5.76 Å². The Hall–Kier alpha value is -3.13. The smallest absolute Gasteiger partial charge is 0.261 e. The zero-order chi connectivity index (χ0) is 21.3. The summed E-state index contributed by atoms with van der Waals surface area (Å²) in [5.41, 5.74) is 2.69. The van der Waals surface area contributed by atoms with Crippen molar-refractivity contribution in [3.63, 3.8) is 0 Å². The third-order valence-electron chi connectivity index (χ3n) is 4.84. The molecule has 7 nitrogen and oxygen atoms in total. The van der Waals surface area contributed by atoms with Crippen molar-refractivity contribution in [3.05, 3.63) is 63.4 Å². The standard InChI is InChI=1S/C22H24N4O3S/c1-14-10-15(2)23-21-20(14)22(24-25(21)4)29-13-19(27)26(11-17-6-5-9-28-17)12-18-8-7-16(3)30-18/h5-10H,11-13H2,1-4H3. The lowest BCUT2D eigenvalue weighted by Crippen LogP contribution is -2.33. The molecule has 0 aliphatic carbocycles. The number of pyridine rings is 1. The van der Waals surface area contributed by atoms with Gasteiger partial charge in [-0.25, -0.2) is 9.67 Å². The topological polar surface area (TPSA) is 73.4 Å². The Morgan fingerprint density at radius 2 is 2.07 bits per heavy atom. The molecule has 0 radical (unpaired) electrons. The molecule has 0 aliphatic rings. The summed E-state index contributed by atoms with van der Waals surface area (Å²) in [6.45, 7) is 6.78. The third kappa shape index (κ3) is 4.23. The largest absolute Gasteiger partial charge is 0.467 e. The van der Waals surface area contributed by atoms with E-state index in [1.807, 2.05) is 45.2 Å². The summed E-state index contributed by atoms with van der Waals surface area (Å²) in [5, 5.41) is 5.27. The number of aromatic nitrogens is 3. The van der Waals surface area contributed by atoms with Crippen LogP contribution < -0.4 is 4.74 Å². The molecule has 0 aromatic carbocycles. The van der Waals surface area contributed by atoms with Crippen molar-refractivity contribution in [3.8, 4) is 5.88 Å². The van der Waals surface area contributed by atoms with Crippen molar-refractivity contribution in [1.82, 2.24) is 19.7 Å². The first-order valence-corrected chi connectivity index (χ1v) is 10.5. The molecule has 0 saturated heterocycles. The fourth-order valence-electron chi connectivity index (χ4n) is 3.45. The lowest BCUT2D eigenvalue weighted by molar-refractivity contribution is -0.134.